The van der Waals surface area contributed by atoms with Crippen molar-refractivity contribution in [2.24, 2.45) is 0 Å². The van der Waals surface area contributed by atoms with Crippen molar-refractivity contribution >= 4 is 11.8 Å². The third-order valence-corrected chi connectivity index (χ3v) is 3.45. The van der Waals surface area contributed by atoms with Crippen LogP contribution < -0.4 is 15.5 Å². The Balaban J connectivity index is 1.98. The monoisotopic (exact) mass is 286 g/mol. The summed E-state index contributed by atoms with van der Waals surface area (Å²) in [5.74, 6) is 6.54. The van der Waals surface area contributed by atoms with Crippen LogP contribution in [0.2, 0.25) is 0 Å². The van der Waals surface area contributed by atoms with Gasteiger partial charge in [-0.1, -0.05) is 12.0 Å². The number of hydrogen-bond acceptors (Lipinski definition) is 3. The van der Waals surface area contributed by atoms with Gasteiger partial charge >= 0.3 is 6.03 Å². The van der Waals surface area contributed by atoms with E-state index in [0.29, 0.717) is 13.1 Å². The Hall–Kier alpha value is -2.22. The lowest BCUT2D eigenvalue weighted by Gasteiger charge is -2.20. The van der Waals surface area contributed by atoms with Gasteiger partial charge in [0.1, 0.15) is 5.82 Å². The fraction of sp³-hybridized carbons (Fsp3) is 0.500. The highest BCUT2D eigenvalue weighted by atomic mass is 16.2. The van der Waals surface area contributed by atoms with Crippen LogP contribution >= 0.6 is 0 Å². The predicted molar refractivity (Wildman–Crippen MR) is 84.1 cm³/mol. The first kappa shape index (κ1) is 15.2. The van der Waals surface area contributed by atoms with Crippen molar-refractivity contribution in [1.29, 1.82) is 0 Å². The van der Waals surface area contributed by atoms with Gasteiger partial charge in [-0.05, 0) is 32.8 Å². The van der Waals surface area contributed by atoms with Crippen LogP contribution in [0.15, 0.2) is 12.1 Å². The van der Waals surface area contributed by atoms with E-state index in [1.807, 2.05) is 19.1 Å². The maximum absolute atomic E-state index is 11.7. The molecule has 1 aliphatic heterocycles. The molecule has 5 heteroatoms. The number of amides is 2. The lowest BCUT2D eigenvalue weighted by atomic mass is 10.2. The van der Waals surface area contributed by atoms with Gasteiger partial charge in [-0.25, -0.2) is 9.78 Å². The van der Waals surface area contributed by atoms with Crippen molar-refractivity contribution < 1.29 is 4.79 Å². The molecule has 2 N–H and O–H groups in total. The average molecular weight is 286 g/mol. The molecule has 0 atom stereocenters. The molecule has 2 amide bonds. The Labute approximate surface area is 126 Å². The highest BCUT2D eigenvalue weighted by Crippen LogP contribution is 2.22. The Kier molecular flexibility index (Phi) is 5.44. The summed E-state index contributed by atoms with van der Waals surface area (Å²) in [6.07, 6.45) is 2.41. The lowest BCUT2D eigenvalue weighted by Crippen LogP contribution is -2.35. The van der Waals surface area contributed by atoms with Gasteiger partial charge in [0.25, 0.3) is 0 Å². The van der Waals surface area contributed by atoms with Crippen LogP contribution in [-0.4, -0.2) is 30.6 Å². The first-order chi connectivity index (χ1) is 10.2. The van der Waals surface area contributed by atoms with Crippen molar-refractivity contribution in [3.63, 3.8) is 0 Å². The van der Waals surface area contributed by atoms with Gasteiger partial charge in [0.05, 0.1) is 6.54 Å². The number of carbonyl (C=O) groups is 1. The van der Waals surface area contributed by atoms with Gasteiger partial charge in [-0.3, -0.25) is 0 Å². The van der Waals surface area contributed by atoms with Crippen LogP contribution in [0.5, 0.6) is 0 Å². The van der Waals surface area contributed by atoms with E-state index in [0.717, 1.165) is 30.2 Å². The van der Waals surface area contributed by atoms with E-state index in [-0.39, 0.29) is 6.03 Å². The van der Waals surface area contributed by atoms with E-state index in [2.05, 4.69) is 32.4 Å². The molecule has 0 unspecified atom stereocenters. The van der Waals surface area contributed by atoms with E-state index in [9.17, 15) is 4.79 Å². The molecule has 0 bridgehead atoms. The molecular weight excluding hydrogens is 264 g/mol. The lowest BCUT2D eigenvalue weighted by molar-refractivity contribution is 0.241. The molecule has 0 radical (unpaired) electrons. The molecule has 112 valence electrons. The minimum absolute atomic E-state index is 0.203. The topological polar surface area (TPSA) is 57.3 Å². The highest BCUT2D eigenvalue weighted by molar-refractivity contribution is 5.74. The first-order valence-corrected chi connectivity index (χ1v) is 7.33. The maximum atomic E-state index is 11.7. The molecule has 2 heterocycles. The van der Waals surface area contributed by atoms with Crippen LogP contribution in [-0.2, 0) is 6.54 Å². The van der Waals surface area contributed by atoms with Crippen LogP contribution in [0, 0.1) is 18.8 Å². The number of aromatic nitrogens is 1. The third kappa shape index (κ3) is 4.38. The normalized spacial score (nSPS) is 13.5. The third-order valence-electron chi connectivity index (χ3n) is 3.45. The Morgan fingerprint density at radius 1 is 1.33 bits per heavy atom. The molecule has 2 rings (SSSR count). The van der Waals surface area contributed by atoms with Crippen molar-refractivity contribution in [2.75, 3.05) is 24.5 Å². The van der Waals surface area contributed by atoms with E-state index >= 15 is 0 Å². The smallest absolute Gasteiger partial charge is 0.315 e. The van der Waals surface area contributed by atoms with Crippen molar-refractivity contribution in [3.05, 3.63) is 23.4 Å². The van der Waals surface area contributed by atoms with Gasteiger partial charge in [0.15, 0.2) is 0 Å². The number of hydrogen-bond donors (Lipinski definition) is 2. The number of pyridine rings is 1. The molecule has 0 aromatic carbocycles. The fourth-order valence-electron chi connectivity index (χ4n) is 2.36. The summed E-state index contributed by atoms with van der Waals surface area (Å²) in [7, 11) is 0. The zero-order valence-corrected chi connectivity index (χ0v) is 12.7. The number of aryl methyl sites for hydroxylation is 1. The summed E-state index contributed by atoms with van der Waals surface area (Å²) in [4.78, 5) is 18.6. The van der Waals surface area contributed by atoms with E-state index < -0.39 is 0 Å². The second-order valence-corrected chi connectivity index (χ2v) is 5.09. The summed E-state index contributed by atoms with van der Waals surface area (Å²) in [6.45, 7) is 6.67. The van der Waals surface area contributed by atoms with Crippen molar-refractivity contribution in [2.45, 2.75) is 33.2 Å². The Bertz CT molecular complexity index is 553. The average Bonchev–Trinajstić information content (AvgIpc) is 3.00. The zero-order chi connectivity index (χ0) is 15.1. The molecule has 0 aliphatic carbocycles. The summed E-state index contributed by atoms with van der Waals surface area (Å²) in [5, 5.41) is 5.55. The largest absolute Gasteiger partial charge is 0.356 e. The SMILES string of the molecule is CC#CCNC(=O)NCc1ccc(C)nc1N1CCCC1. The Morgan fingerprint density at radius 3 is 2.81 bits per heavy atom. The standard InChI is InChI=1S/C16H22N4O/c1-3-4-9-17-16(21)18-12-14-8-7-13(2)19-15(14)20-10-5-6-11-20/h7-8H,5-6,9-12H2,1-2H3,(H2,17,18,21). The fourth-order valence-corrected chi connectivity index (χ4v) is 2.36. The number of nitrogens with zero attached hydrogens (tertiary/aromatic N) is 2. The minimum atomic E-state index is -0.203. The number of carbonyl (C=O) groups excluding carboxylic acids is 1. The second-order valence-electron chi connectivity index (χ2n) is 5.09. The van der Waals surface area contributed by atoms with Crippen LogP contribution in [0.25, 0.3) is 0 Å². The molecule has 5 nitrogen and oxygen atoms in total. The highest BCUT2D eigenvalue weighted by Gasteiger charge is 2.17. The van der Waals surface area contributed by atoms with Gasteiger partial charge < -0.3 is 15.5 Å². The first-order valence-electron chi connectivity index (χ1n) is 7.33. The summed E-state index contributed by atoms with van der Waals surface area (Å²) >= 11 is 0. The van der Waals surface area contributed by atoms with Gasteiger partial charge in [0, 0.05) is 30.9 Å². The number of anilines is 1. The van der Waals surface area contributed by atoms with Crippen LogP contribution in [0.4, 0.5) is 10.6 Å². The van der Waals surface area contributed by atoms with Crippen molar-refractivity contribution in [3.8, 4) is 11.8 Å². The van der Waals surface area contributed by atoms with Crippen LogP contribution in [0.3, 0.4) is 0 Å². The summed E-state index contributed by atoms with van der Waals surface area (Å²) in [6, 6.07) is 3.82. The molecule has 1 aromatic heterocycles. The quantitative estimate of drug-likeness (QED) is 0.830. The molecule has 0 saturated carbocycles. The molecule has 21 heavy (non-hydrogen) atoms. The molecule has 0 spiro atoms. The Morgan fingerprint density at radius 2 is 2.10 bits per heavy atom. The van der Waals surface area contributed by atoms with Crippen molar-refractivity contribution in [1.82, 2.24) is 15.6 Å². The summed E-state index contributed by atoms with van der Waals surface area (Å²) < 4.78 is 0. The molecule has 1 saturated heterocycles. The molecule has 1 aliphatic rings. The van der Waals surface area contributed by atoms with Gasteiger partial charge in [0.2, 0.25) is 0 Å². The molecule has 1 fully saturated rings. The number of rotatable bonds is 4. The van der Waals surface area contributed by atoms with Gasteiger partial charge in [-0.15, -0.1) is 5.92 Å². The predicted octanol–water partition coefficient (Wildman–Crippen LogP) is 1.81. The number of urea groups is 1. The van der Waals surface area contributed by atoms with E-state index in [1.54, 1.807) is 6.92 Å². The second kappa shape index (κ2) is 7.53. The molecule has 1 aromatic rings. The van der Waals surface area contributed by atoms with Crippen LogP contribution in [0.1, 0.15) is 31.0 Å². The molecular formula is C16H22N4O. The summed E-state index contributed by atoms with van der Waals surface area (Å²) in [5.41, 5.74) is 2.06. The van der Waals surface area contributed by atoms with Gasteiger partial charge in [-0.2, -0.15) is 0 Å². The van der Waals surface area contributed by atoms with E-state index in [4.69, 9.17) is 0 Å². The minimum Gasteiger partial charge on any atom is -0.356 e. The maximum Gasteiger partial charge on any atom is 0.315 e. The zero-order valence-electron chi connectivity index (χ0n) is 12.7. The number of nitrogens with one attached hydrogen (secondary N) is 2. The van der Waals surface area contributed by atoms with E-state index in [1.165, 1.54) is 12.8 Å².